The molecule has 2 aromatic carbocycles. The molecule has 0 radical (unpaired) electrons. The van der Waals surface area contributed by atoms with Crippen LogP contribution in [-0.2, 0) is 6.54 Å². The second-order valence-electron chi connectivity index (χ2n) is 5.04. The van der Waals surface area contributed by atoms with Gasteiger partial charge in [0.15, 0.2) is 0 Å². The van der Waals surface area contributed by atoms with E-state index in [0.717, 1.165) is 17.7 Å². The number of halogens is 1. The van der Waals surface area contributed by atoms with Crippen LogP contribution in [0.4, 0.5) is 4.39 Å². The number of rotatable bonds is 5. The molecular formula is C17H20FNO. The topological polar surface area (TPSA) is 21.3 Å². The van der Waals surface area contributed by atoms with Crippen LogP contribution in [-0.4, -0.2) is 13.2 Å². The number of benzene rings is 2. The van der Waals surface area contributed by atoms with E-state index in [1.165, 1.54) is 13.2 Å². The Bertz CT molecular complexity index is 581. The average Bonchev–Trinajstić information content (AvgIpc) is 2.45. The summed E-state index contributed by atoms with van der Waals surface area (Å²) in [7, 11) is 1.54. The Kier molecular flexibility index (Phi) is 4.74. The summed E-state index contributed by atoms with van der Waals surface area (Å²) in [6.07, 6.45) is 0. The van der Waals surface area contributed by atoms with Crippen molar-refractivity contribution in [1.29, 1.82) is 0 Å². The number of nitrogens with one attached hydrogen (secondary N) is 1. The molecule has 106 valence electrons. The maximum atomic E-state index is 14.2. The van der Waals surface area contributed by atoms with E-state index < -0.39 is 0 Å². The lowest BCUT2D eigenvalue weighted by Crippen LogP contribution is -2.22. The van der Waals surface area contributed by atoms with E-state index in [4.69, 9.17) is 4.74 Å². The molecule has 0 saturated heterocycles. The summed E-state index contributed by atoms with van der Waals surface area (Å²) in [5, 5.41) is 3.37. The van der Waals surface area contributed by atoms with Crippen molar-refractivity contribution in [2.75, 3.05) is 7.11 Å². The van der Waals surface area contributed by atoms with E-state index in [9.17, 15) is 4.39 Å². The molecule has 1 N–H and O–H groups in total. The van der Waals surface area contributed by atoms with Crippen LogP contribution < -0.4 is 10.1 Å². The van der Waals surface area contributed by atoms with Gasteiger partial charge < -0.3 is 10.1 Å². The molecule has 0 aliphatic carbocycles. The molecule has 0 unspecified atom stereocenters. The molecule has 0 fully saturated rings. The van der Waals surface area contributed by atoms with Crippen LogP contribution in [0.1, 0.15) is 19.4 Å². The highest BCUT2D eigenvalue weighted by Gasteiger charge is 2.10. The van der Waals surface area contributed by atoms with Crippen LogP contribution in [0.2, 0.25) is 0 Å². The predicted octanol–water partition coefficient (Wildman–Crippen LogP) is 4.00. The molecule has 20 heavy (non-hydrogen) atoms. The van der Waals surface area contributed by atoms with Gasteiger partial charge in [0.25, 0.3) is 0 Å². The van der Waals surface area contributed by atoms with Crippen LogP contribution in [0.5, 0.6) is 5.75 Å². The number of ether oxygens (including phenoxy) is 1. The van der Waals surface area contributed by atoms with Crippen molar-refractivity contribution in [3.63, 3.8) is 0 Å². The highest BCUT2D eigenvalue weighted by Crippen LogP contribution is 2.28. The smallest absolute Gasteiger partial charge is 0.134 e. The second kappa shape index (κ2) is 6.53. The van der Waals surface area contributed by atoms with Crippen molar-refractivity contribution >= 4 is 0 Å². The summed E-state index contributed by atoms with van der Waals surface area (Å²) in [5.74, 6) is 0.269. The van der Waals surface area contributed by atoms with E-state index in [1.807, 2.05) is 24.3 Å². The Hall–Kier alpha value is -1.87. The van der Waals surface area contributed by atoms with Gasteiger partial charge in [-0.3, -0.25) is 0 Å². The molecular weight excluding hydrogens is 253 g/mol. The maximum absolute atomic E-state index is 14.2. The van der Waals surface area contributed by atoms with E-state index in [1.54, 1.807) is 12.1 Å². The first-order valence-electron chi connectivity index (χ1n) is 6.77. The Morgan fingerprint density at radius 3 is 2.50 bits per heavy atom. The third kappa shape index (κ3) is 3.36. The monoisotopic (exact) mass is 273 g/mol. The first-order valence-corrected chi connectivity index (χ1v) is 6.77. The quantitative estimate of drug-likeness (QED) is 0.889. The zero-order chi connectivity index (χ0) is 14.5. The van der Waals surface area contributed by atoms with Crippen molar-refractivity contribution in [2.45, 2.75) is 26.4 Å². The zero-order valence-electron chi connectivity index (χ0n) is 12.1. The van der Waals surface area contributed by atoms with E-state index in [0.29, 0.717) is 17.4 Å². The Morgan fingerprint density at radius 2 is 1.85 bits per heavy atom. The first kappa shape index (κ1) is 14.5. The SMILES string of the molecule is COc1ccc(-c2ccccc2CNC(C)C)c(F)c1. The van der Waals surface area contributed by atoms with Crippen LogP contribution in [0.15, 0.2) is 42.5 Å². The minimum Gasteiger partial charge on any atom is -0.497 e. The van der Waals surface area contributed by atoms with Gasteiger partial charge >= 0.3 is 0 Å². The van der Waals surface area contributed by atoms with Gasteiger partial charge in [0.2, 0.25) is 0 Å². The Morgan fingerprint density at radius 1 is 1.10 bits per heavy atom. The fraction of sp³-hybridized carbons (Fsp3) is 0.294. The van der Waals surface area contributed by atoms with Gasteiger partial charge in [0.1, 0.15) is 11.6 Å². The molecule has 2 nitrogen and oxygen atoms in total. The van der Waals surface area contributed by atoms with Gasteiger partial charge in [-0.25, -0.2) is 4.39 Å². The van der Waals surface area contributed by atoms with Crippen LogP contribution >= 0.6 is 0 Å². The standard InChI is InChI=1S/C17H20FNO/c1-12(2)19-11-13-6-4-5-7-15(13)16-9-8-14(20-3)10-17(16)18/h4-10,12,19H,11H2,1-3H3. The van der Waals surface area contributed by atoms with Crippen LogP contribution in [0, 0.1) is 5.82 Å². The van der Waals surface area contributed by atoms with E-state index in [-0.39, 0.29) is 5.82 Å². The first-order chi connectivity index (χ1) is 9.61. The van der Waals surface area contributed by atoms with Gasteiger partial charge in [-0.1, -0.05) is 38.1 Å². The lowest BCUT2D eigenvalue weighted by Gasteiger charge is -2.13. The molecule has 0 aromatic heterocycles. The summed E-state index contributed by atoms with van der Waals surface area (Å²) < 4.78 is 19.2. The third-order valence-corrected chi connectivity index (χ3v) is 3.18. The van der Waals surface area contributed by atoms with Gasteiger partial charge in [-0.2, -0.15) is 0 Å². The van der Waals surface area contributed by atoms with Gasteiger partial charge in [-0.15, -0.1) is 0 Å². The number of hydrogen-bond acceptors (Lipinski definition) is 2. The minimum absolute atomic E-state index is 0.263. The molecule has 0 heterocycles. The summed E-state index contributed by atoms with van der Waals surface area (Å²) in [6.45, 7) is 4.91. The highest BCUT2D eigenvalue weighted by molar-refractivity contribution is 5.68. The van der Waals surface area contributed by atoms with Crippen molar-refractivity contribution in [2.24, 2.45) is 0 Å². The highest BCUT2D eigenvalue weighted by atomic mass is 19.1. The predicted molar refractivity (Wildman–Crippen MR) is 80.4 cm³/mol. The molecule has 2 aromatic rings. The molecule has 0 bridgehead atoms. The van der Waals surface area contributed by atoms with Crippen molar-refractivity contribution in [3.05, 3.63) is 53.8 Å². The van der Waals surface area contributed by atoms with Gasteiger partial charge in [-0.05, 0) is 23.3 Å². The van der Waals surface area contributed by atoms with Gasteiger partial charge in [0, 0.05) is 24.2 Å². The Balaban J connectivity index is 2.37. The van der Waals surface area contributed by atoms with Gasteiger partial charge in [0.05, 0.1) is 7.11 Å². The van der Waals surface area contributed by atoms with Crippen LogP contribution in [0.3, 0.4) is 0 Å². The number of methoxy groups -OCH3 is 1. The fourth-order valence-electron chi connectivity index (χ4n) is 2.09. The molecule has 0 spiro atoms. The molecule has 2 rings (SSSR count). The summed E-state index contributed by atoms with van der Waals surface area (Å²) in [4.78, 5) is 0. The second-order valence-corrected chi connectivity index (χ2v) is 5.04. The molecule has 0 aliphatic heterocycles. The third-order valence-electron chi connectivity index (χ3n) is 3.18. The van der Waals surface area contributed by atoms with Crippen molar-refractivity contribution < 1.29 is 9.13 Å². The van der Waals surface area contributed by atoms with Crippen molar-refractivity contribution in [3.8, 4) is 16.9 Å². The van der Waals surface area contributed by atoms with Crippen LogP contribution in [0.25, 0.3) is 11.1 Å². The van der Waals surface area contributed by atoms with Crippen molar-refractivity contribution in [1.82, 2.24) is 5.32 Å². The molecule has 0 saturated carbocycles. The maximum Gasteiger partial charge on any atom is 0.134 e. The average molecular weight is 273 g/mol. The molecule has 0 atom stereocenters. The summed E-state index contributed by atoms with van der Waals surface area (Å²) >= 11 is 0. The molecule has 0 amide bonds. The molecule has 3 heteroatoms. The number of hydrogen-bond donors (Lipinski definition) is 1. The largest absolute Gasteiger partial charge is 0.497 e. The normalized spacial score (nSPS) is 10.8. The summed E-state index contributed by atoms with van der Waals surface area (Å²) in [5.41, 5.74) is 2.61. The zero-order valence-corrected chi connectivity index (χ0v) is 12.1. The lowest BCUT2D eigenvalue weighted by molar-refractivity contribution is 0.411. The summed E-state index contributed by atoms with van der Waals surface area (Å²) in [6, 6.07) is 13.2. The van der Waals surface area contributed by atoms with E-state index in [2.05, 4.69) is 19.2 Å². The molecule has 0 aliphatic rings. The van der Waals surface area contributed by atoms with E-state index >= 15 is 0 Å². The lowest BCUT2D eigenvalue weighted by atomic mass is 9.99. The fourth-order valence-corrected chi connectivity index (χ4v) is 2.09. The minimum atomic E-state index is -0.263. The Labute approximate surface area is 119 Å².